The van der Waals surface area contributed by atoms with Crippen LogP contribution in [0.3, 0.4) is 0 Å². The Morgan fingerprint density at radius 1 is 1.07 bits per heavy atom. The van der Waals surface area contributed by atoms with Crippen molar-refractivity contribution in [2.24, 2.45) is 0 Å². The summed E-state index contributed by atoms with van der Waals surface area (Å²) in [6.07, 6.45) is -2.59. The molecule has 0 saturated carbocycles. The van der Waals surface area contributed by atoms with Gasteiger partial charge >= 0.3 is 18.2 Å². The highest BCUT2D eigenvalue weighted by atomic mass is 35.5. The lowest BCUT2D eigenvalue weighted by Gasteiger charge is -2.41. The van der Waals surface area contributed by atoms with E-state index in [9.17, 15) is 32.7 Å². The molecule has 10 nitrogen and oxygen atoms in total. The average Bonchev–Trinajstić information content (AvgIpc) is 3.01. The number of phenolic OH excluding ortho intramolecular Hbond substituents is 1. The lowest BCUT2D eigenvalue weighted by molar-refractivity contribution is -0.138. The van der Waals surface area contributed by atoms with Crippen LogP contribution in [-0.4, -0.2) is 101 Å². The molecule has 5 rings (SSSR count). The predicted molar refractivity (Wildman–Crippen MR) is 163 cm³/mol. The number of nitrogens with one attached hydrogen (secondary N) is 2. The molecule has 14 heteroatoms. The van der Waals surface area contributed by atoms with Gasteiger partial charge < -0.3 is 35.3 Å². The van der Waals surface area contributed by atoms with Gasteiger partial charge in [0.05, 0.1) is 10.6 Å². The number of para-hydroxylation sites is 1. The highest BCUT2D eigenvalue weighted by Crippen LogP contribution is 2.40. The molecule has 1 atom stereocenters. The number of piperidine rings is 2. The van der Waals surface area contributed by atoms with E-state index in [0.29, 0.717) is 51.6 Å². The molecule has 2 fully saturated rings. The van der Waals surface area contributed by atoms with Gasteiger partial charge in [0, 0.05) is 56.9 Å². The monoisotopic (exact) mass is 650 g/mol. The summed E-state index contributed by atoms with van der Waals surface area (Å²) in [7, 11) is 3.94. The molecule has 0 spiro atoms. The number of phenols is 1. The van der Waals surface area contributed by atoms with Gasteiger partial charge in [0.25, 0.3) is 0 Å². The lowest BCUT2D eigenvalue weighted by Crippen LogP contribution is -2.57. The molecule has 3 aliphatic rings. The molecule has 2 aromatic carbocycles. The van der Waals surface area contributed by atoms with Crippen LogP contribution in [0.1, 0.15) is 42.4 Å². The summed E-state index contributed by atoms with van der Waals surface area (Å²) in [6.45, 7) is 2.03. The summed E-state index contributed by atoms with van der Waals surface area (Å²) >= 11 is 5.95. The van der Waals surface area contributed by atoms with Crippen molar-refractivity contribution < 1.29 is 32.7 Å². The molecule has 0 aromatic heterocycles. The van der Waals surface area contributed by atoms with Crippen molar-refractivity contribution in [3.05, 3.63) is 58.1 Å². The third kappa shape index (κ3) is 7.41. The number of amides is 5. The molecule has 3 heterocycles. The Balaban J connectivity index is 1.28. The lowest BCUT2D eigenvalue weighted by atomic mass is 9.99. The summed E-state index contributed by atoms with van der Waals surface area (Å²) < 4.78 is 40.8. The van der Waals surface area contributed by atoms with Crippen molar-refractivity contribution in [2.75, 3.05) is 45.6 Å². The summed E-state index contributed by atoms with van der Waals surface area (Å²) in [5, 5.41) is 15.1. The van der Waals surface area contributed by atoms with E-state index >= 15 is 0 Å². The topological polar surface area (TPSA) is 108 Å². The van der Waals surface area contributed by atoms with E-state index in [1.54, 1.807) is 14.7 Å². The third-order valence-electron chi connectivity index (χ3n) is 9.02. The second kappa shape index (κ2) is 13.3. The molecular formula is C31H38ClF3N6O4. The van der Waals surface area contributed by atoms with Gasteiger partial charge in [0.15, 0.2) is 0 Å². The smallest absolute Gasteiger partial charge is 0.420 e. The maximum Gasteiger partial charge on any atom is 0.420 e. The number of fused-ring (bicyclic) bond motifs is 1. The fourth-order valence-electron chi connectivity index (χ4n) is 6.39. The summed E-state index contributed by atoms with van der Waals surface area (Å²) in [5.74, 6) is -1.48. The zero-order chi connectivity index (χ0) is 32.5. The van der Waals surface area contributed by atoms with E-state index in [0.717, 1.165) is 30.2 Å². The number of hydrogen-bond donors (Lipinski definition) is 3. The second-order valence-corrected chi connectivity index (χ2v) is 12.5. The fraction of sp³-hybridized carbons (Fsp3) is 0.516. The molecule has 0 bridgehead atoms. The normalized spacial score (nSPS) is 18.9. The van der Waals surface area contributed by atoms with E-state index in [1.807, 2.05) is 38.4 Å². The van der Waals surface area contributed by atoms with Gasteiger partial charge in [-0.25, -0.2) is 9.59 Å². The quantitative estimate of drug-likeness (QED) is 0.418. The first-order chi connectivity index (χ1) is 21.3. The van der Waals surface area contributed by atoms with Gasteiger partial charge in [-0.3, -0.25) is 4.79 Å². The largest absolute Gasteiger partial charge is 0.506 e. The SMILES string of the molecule is CN(C)C1CCN(C(=O)[C@@H](Cc2cc(Cl)c(O)c(C(F)(F)F)c2)NC(=O)N2CCC(N3Cc4ccccc4NC3=O)CC2)CC1. The van der Waals surface area contributed by atoms with Crippen LogP contribution in [0.5, 0.6) is 5.75 Å². The number of nitrogens with zero attached hydrogens (tertiary/aromatic N) is 4. The van der Waals surface area contributed by atoms with Crippen LogP contribution in [0.4, 0.5) is 28.4 Å². The van der Waals surface area contributed by atoms with Gasteiger partial charge in [-0.1, -0.05) is 29.8 Å². The number of aromatic hydroxyl groups is 1. The van der Waals surface area contributed by atoms with Crippen LogP contribution in [0.15, 0.2) is 36.4 Å². The molecule has 3 N–H and O–H groups in total. The Kier molecular flexibility index (Phi) is 9.68. The Morgan fingerprint density at radius 3 is 2.36 bits per heavy atom. The zero-order valence-electron chi connectivity index (χ0n) is 25.2. The van der Waals surface area contributed by atoms with E-state index in [2.05, 4.69) is 15.5 Å². The number of hydrogen-bond acceptors (Lipinski definition) is 5. The Hall–Kier alpha value is -3.71. The highest BCUT2D eigenvalue weighted by Gasteiger charge is 2.38. The first kappa shape index (κ1) is 32.7. The van der Waals surface area contributed by atoms with Gasteiger partial charge in [-0.2, -0.15) is 13.2 Å². The number of benzene rings is 2. The first-order valence-electron chi connectivity index (χ1n) is 15.1. The van der Waals surface area contributed by atoms with Crippen LogP contribution in [0, 0.1) is 0 Å². The maximum atomic E-state index is 13.7. The van der Waals surface area contributed by atoms with Crippen molar-refractivity contribution in [3.8, 4) is 5.75 Å². The third-order valence-corrected chi connectivity index (χ3v) is 9.31. The van der Waals surface area contributed by atoms with E-state index in [4.69, 9.17) is 11.6 Å². The highest BCUT2D eigenvalue weighted by molar-refractivity contribution is 6.32. The van der Waals surface area contributed by atoms with E-state index < -0.39 is 40.5 Å². The minimum atomic E-state index is -4.86. The summed E-state index contributed by atoms with van der Waals surface area (Å²) in [6, 6.07) is 7.90. The molecule has 0 radical (unpaired) electrons. The molecule has 244 valence electrons. The second-order valence-electron chi connectivity index (χ2n) is 12.1. The Morgan fingerprint density at radius 2 is 1.71 bits per heavy atom. The fourth-order valence-corrected chi connectivity index (χ4v) is 6.63. The molecular weight excluding hydrogens is 613 g/mol. The zero-order valence-corrected chi connectivity index (χ0v) is 26.0. The van der Waals surface area contributed by atoms with Gasteiger partial charge in [0.2, 0.25) is 5.91 Å². The minimum absolute atomic E-state index is 0.0575. The molecule has 45 heavy (non-hydrogen) atoms. The van der Waals surface area contributed by atoms with Crippen molar-refractivity contribution in [1.29, 1.82) is 0 Å². The van der Waals surface area contributed by atoms with Crippen LogP contribution in [0.25, 0.3) is 0 Å². The van der Waals surface area contributed by atoms with Crippen LogP contribution in [-0.2, 0) is 23.9 Å². The average molecular weight is 651 g/mol. The van der Waals surface area contributed by atoms with Crippen LogP contribution in [0.2, 0.25) is 5.02 Å². The van der Waals surface area contributed by atoms with Crippen LogP contribution < -0.4 is 10.6 Å². The number of carbonyl (C=O) groups excluding carboxylic acids is 3. The van der Waals surface area contributed by atoms with Gasteiger partial charge in [-0.15, -0.1) is 0 Å². The van der Waals surface area contributed by atoms with Crippen LogP contribution >= 0.6 is 11.6 Å². The predicted octanol–water partition coefficient (Wildman–Crippen LogP) is 4.75. The van der Waals surface area contributed by atoms with Crippen molar-refractivity contribution in [1.82, 2.24) is 24.9 Å². The van der Waals surface area contributed by atoms with Gasteiger partial charge in [0.1, 0.15) is 11.8 Å². The molecule has 0 aliphatic carbocycles. The van der Waals surface area contributed by atoms with Crippen molar-refractivity contribution in [3.63, 3.8) is 0 Å². The molecule has 2 aromatic rings. The number of likely N-dealkylation sites (tertiary alicyclic amines) is 2. The summed E-state index contributed by atoms with van der Waals surface area (Å²) in [4.78, 5) is 47.1. The Labute approximate surface area is 265 Å². The number of halogens is 4. The maximum absolute atomic E-state index is 13.7. The minimum Gasteiger partial charge on any atom is -0.506 e. The standard InChI is InChI=1S/C31H38ClF3N6O4/c1-38(2)21-7-11-39(12-8-21)28(43)26(17-19-15-23(31(33,34)35)27(42)24(32)16-19)37-29(44)40-13-9-22(10-14-40)41-18-20-5-3-4-6-25(20)36-30(41)45/h3-6,15-16,21-22,26,42H,7-14,17-18H2,1-2H3,(H,36,45)(H,37,44)/t26-/m1/s1. The number of urea groups is 2. The first-order valence-corrected chi connectivity index (χ1v) is 15.4. The Bertz CT molecular complexity index is 1420. The molecule has 2 saturated heterocycles. The van der Waals surface area contributed by atoms with Crippen molar-refractivity contribution in [2.45, 2.75) is 63.0 Å². The number of alkyl halides is 3. The van der Waals surface area contributed by atoms with E-state index in [-0.39, 0.29) is 24.1 Å². The van der Waals surface area contributed by atoms with E-state index in [1.165, 1.54) is 6.07 Å². The molecule has 5 amide bonds. The molecule has 3 aliphatic heterocycles. The number of rotatable bonds is 6. The summed E-state index contributed by atoms with van der Waals surface area (Å²) in [5.41, 5.74) is 0.550. The van der Waals surface area contributed by atoms with Crippen molar-refractivity contribution >= 4 is 35.3 Å². The van der Waals surface area contributed by atoms with Gasteiger partial charge in [-0.05, 0) is 69.1 Å². The molecule has 0 unspecified atom stereocenters. The number of carbonyl (C=O) groups is 3. The number of anilines is 1.